The number of benzene rings is 3. The summed E-state index contributed by atoms with van der Waals surface area (Å²) in [6, 6.07) is 22.9. The van der Waals surface area contributed by atoms with Gasteiger partial charge in [-0.2, -0.15) is 4.76 Å². The fourth-order valence-electron chi connectivity index (χ4n) is 3.43. The van der Waals surface area contributed by atoms with Gasteiger partial charge >= 0.3 is 7.75 Å². The van der Waals surface area contributed by atoms with E-state index in [4.69, 9.17) is 9.05 Å². The van der Waals surface area contributed by atoms with E-state index in [-0.39, 0.29) is 11.6 Å². The van der Waals surface area contributed by atoms with Crippen molar-refractivity contribution in [1.82, 2.24) is 5.01 Å². The number of anilines is 1. The molecule has 0 N–H and O–H groups in total. The molecule has 170 valence electrons. The molecule has 1 saturated heterocycles. The SMILES string of the molecule is Cc1ccc(OP(=O)(N=C2C(=O)N(c3ccccc3)N(C)C2C)Oc2ccc(C)cc2)cc1. The number of carbonyl (C=O) groups is 1. The van der Waals surface area contributed by atoms with Crippen LogP contribution in [0, 0.1) is 13.8 Å². The van der Waals surface area contributed by atoms with Crippen molar-refractivity contribution in [3.05, 3.63) is 90.0 Å². The van der Waals surface area contributed by atoms with Crippen LogP contribution in [0.1, 0.15) is 18.1 Å². The van der Waals surface area contributed by atoms with Crippen molar-refractivity contribution >= 4 is 25.1 Å². The molecule has 3 aromatic carbocycles. The molecule has 1 aliphatic rings. The van der Waals surface area contributed by atoms with Crippen LogP contribution in [0.25, 0.3) is 0 Å². The van der Waals surface area contributed by atoms with Crippen LogP contribution in [0.2, 0.25) is 0 Å². The largest absolute Gasteiger partial charge is 0.563 e. The molecule has 1 heterocycles. The molecule has 8 heteroatoms. The third-order valence-electron chi connectivity index (χ3n) is 5.40. The summed E-state index contributed by atoms with van der Waals surface area (Å²) in [7, 11) is -2.37. The first-order valence-electron chi connectivity index (χ1n) is 10.6. The van der Waals surface area contributed by atoms with E-state index in [9.17, 15) is 9.36 Å². The summed E-state index contributed by atoms with van der Waals surface area (Å²) in [6.07, 6.45) is 0. The molecule has 0 aromatic heterocycles. The molecule has 0 saturated carbocycles. The summed E-state index contributed by atoms with van der Waals surface area (Å²) in [6.45, 7) is 5.71. The molecule has 1 amide bonds. The predicted octanol–water partition coefficient (Wildman–Crippen LogP) is 5.59. The highest BCUT2D eigenvalue weighted by molar-refractivity contribution is 7.53. The molecular weight excluding hydrogens is 437 g/mol. The van der Waals surface area contributed by atoms with E-state index in [1.165, 1.54) is 5.01 Å². The van der Waals surface area contributed by atoms with Crippen molar-refractivity contribution in [3.63, 3.8) is 0 Å². The van der Waals surface area contributed by atoms with E-state index in [1.54, 1.807) is 36.3 Å². The lowest BCUT2D eigenvalue weighted by Gasteiger charge is -2.25. The Morgan fingerprint density at radius 3 is 1.79 bits per heavy atom. The van der Waals surface area contributed by atoms with Crippen molar-refractivity contribution < 1.29 is 18.4 Å². The van der Waals surface area contributed by atoms with Gasteiger partial charge in [-0.05, 0) is 57.2 Å². The van der Waals surface area contributed by atoms with Crippen LogP contribution < -0.4 is 14.1 Å². The summed E-state index contributed by atoms with van der Waals surface area (Å²) >= 11 is 0. The summed E-state index contributed by atoms with van der Waals surface area (Å²) in [5.74, 6) is 0.301. The minimum atomic E-state index is -4.15. The Labute approximate surface area is 193 Å². The summed E-state index contributed by atoms with van der Waals surface area (Å²) in [5, 5.41) is 3.25. The zero-order valence-electron chi connectivity index (χ0n) is 19.0. The van der Waals surface area contributed by atoms with E-state index in [0.29, 0.717) is 17.2 Å². The number of para-hydroxylation sites is 1. The van der Waals surface area contributed by atoms with Gasteiger partial charge in [0, 0.05) is 7.05 Å². The summed E-state index contributed by atoms with van der Waals surface area (Å²) in [4.78, 5) is 13.3. The normalized spacial score (nSPS) is 18.1. The topological polar surface area (TPSA) is 71.4 Å². The number of hydrogen-bond acceptors (Lipinski definition) is 5. The second kappa shape index (κ2) is 9.22. The fraction of sp³-hybridized carbons (Fsp3) is 0.200. The van der Waals surface area contributed by atoms with Crippen molar-refractivity contribution in [2.45, 2.75) is 26.8 Å². The van der Waals surface area contributed by atoms with Gasteiger partial charge in [-0.3, -0.25) is 4.79 Å². The Kier molecular flexibility index (Phi) is 6.36. The van der Waals surface area contributed by atoms with Crippen LogP contribution in [-0.4, -0.2) is 29.7 Å². The number of aryl methyl sites for hydroxylation is 2. The first-order chi connectivity index (χ1) is 15.8. The Morgan fingerprint density at radius 1 is 0.818 bits per heavy atom. The number of hydrogen-bond donors (Lipinski definition) is 0. The molecule has 0 bridgehead atoms. The number of hydrazine groups is 1. The maximum atomic E-state index is 13.9. The van der Waals surface area contributed by atoms with Gasteiger partial charge in [-0.1, -0.05) is 53.6 Å². The number of carbonyl (C=O) groups excluding carboxylic acids is 1. The number of amides is 1. The average Bonchev–Trinajstić information content (AvgIpc) is 3.00. The second-order valence-corrected chi connectivity index (χ2v) is 9.47. The standard InChI is InChI=1S/C25H26N3O4P/c1-18-10-14-22(15-11-18)31-33(30,32-23-16-12-19(2)13-17-23)26-24-20(3)27(4)28(25(24)29)21-8-6-5-7-9-21/h5-17,20H,1-4H3. The first kappa shape index (κ1) is 22.8. The van der Waals surface area contributed by atoms with Crippen molar-refractivity contribution in [2.75, 3.05) is 12.1 Å². The van der Waals surface area contributed by atoms with E-state index in [0.717, 1.165) is 11.1 Å². The molecule has 1 unspecified atom stereocenters. The van der Waals surface area contributed by atoms with Gasteiger partial charge in [0.2, 0.25) is 0 Å². The highest BCUT2D eigenvalue weighted by atomic mass is 31.2. The lowest BCUT2D eigenvalue weighted by Crippen LogP contribution is -2.38. The van der Waals surface area contributed by atoms with Gasteiger partial charge in [-0.15, -0.1) is 0 Å². The maximum absolute atomic E-state index is 13.9. The number of nitrogens with zero attached hydrogens (tertiary/aromatic N) is 3. The minimum absolute atomic E-state index is 0.101. The highest BCUT2D eigenvalue weighted by Crippen LogP contribution is 2.51. The summed E-state index contributed by atoms with van der Waals surface area (Å²) < 4.78 is 29.8. The molecule has 1 atom stereocenters. The van der Waals surface area contributed by atoms with E-state index < -0.39 is 13.8 Å². The Bertz CT molecular complexity index is 1160. The molecule has 0 spiro atoms. The molecule has 4 rings (SSSR count). The molecular formula is C25H26N3O4P. The Hall–Kier alpha value is -3.41. The molecule has 0 aliphatic carbocycles. The van der Waals surface area contributed by atoms with E-state index in [2.05, 4.69) is 4.76 Å². The smallest absolute Gasteiger partial charge is 0.399 e. The van der Waals surface area contributed by atoms with Crippen molar-refractivity contribution in [1.29, 1.82) is 0 Å². The van der Waals surface area contributed by atoms with Crippen molar-refractivity contribution in [2.24, 2.45) is 4.76 Å². The van der Waals surface area contributed by atoms with Gasteiger partial charge < -0.3 is 9.05 Å². The van der Waals surface area contributed by atoms with Gasteiger partial charge in [0.05, 0.1) is 11.7 Å². The number of rotatable bonds is 6. The Morgan fingerprint density at radius 2 is 1.30 bits per heavy atom. The van der Waals surface area contributed by atoms with Gasteiger partial charge in [-0.25, -0.2) is 14.6 Å². The van der Waals surface area contributed by atoms with Crippen LogP contribution in [-0.2, 0) is 9.36 Å². The monoisotopic (exact) mass is 463 g/mol. The van der Waals surface area contributed by atoms with E-state index in [1.807, 2.05) is 75.4 Å². The zero-order chi connectivity index (χ0) is 23.6. The lowest BCUT2D eigenvalue weighted by molar-refractivity contribution is -0.113. The Balaban J connectivity index is 1.72. The molecule has 7 nitrogen and oxygen atoms in total. The summed E-state index contributed by atoms with van der Waals surface area (Å²) in [5.41, 5.74) is 2.85. The fourth-order valence-corrected chi connectivity index (χ4v) is 4.84. The molecule has 1 aliphatic heterocycles. The molecule has 0 radical (unpaired) electrons. The van der Waals surface area contributed by atoms with Crippen LogP contribution in [0.15, 0.2) is 83.6 Å². The lowest BCUT2D eigenvalue weighted by atomic mass is 10.2. The quantitative estimate of drug-likeness (QED) is 0.446. The minimum Gasteiger partial charge on any atom is -0.399 e. The average molecular weight is 463 g/mol. The van der Waals surface area contributed by atoms with E-state index >= 15 is 0 Å². The van der Waals surface area contributed by atoms with Crippen LogP contribution >= 0.6 is 7.75 Å². The van der Waals surface area contributed by atoms with Gasteiger partial charge in [0.1, 0.15) is 17.2 Å². The van der Waals surface area contributed by atoms with Crippen LogP contribution in [0.3, 0.4) is 0 Å². The predicted molar refractivity (Wildman–Crippen MR) is 130 cm³/mol. The third kappa shape index (κ3) is 5.00. The maximum Gasteiger partial charge on any atom is 0.563 e. The van der Waals surface area contributed by atoms with Gasteiger partial charge in [0.15, 0.2) is 0 Å². The van der Waals surface area contributed by atoms with Crippen LogP contribution in [0.4, 0.5) is 5.69 Å². The molecule has 33 heavy (non-hydrogen) atoms. The molecule has 1 fully saturated rings. The zero-order valence-corrected chi connectivity index (χ0v) is 19.9. The first-order valence-corrected chi connectivity index (χ1v) is 12.1. The van der Waals surface area contributed by atoms with Crippen molar-refractivity contribution in [3.8, 4) is 11.5 Å². The second-order valence-electron chi connectivity index (χ2n) is 7.96. The van der Waals surface area contributed by atoms with Crippen LogP contribution in [0.5, 0.6) is 11.5 Å². The molecule has 3 aromatic rings. The van der Waals surface area contributed by atoms with Gasteiger partial charge in [0.25, 0.3) is 5.91 Å². The highest BCUT2D eigenvalue weighted by Gasteiger charge is 2.43. The third-order valence-corrected chi connectivity index (χ3v) is 6.74.